The van der Waals surface area contributed by atoms with E-state index in [1.165, 1.54) is 25.7 Å². The molecule has 2 nitrogen and oxygen atoms in total. The Hall–Kier alpha value is -0.660. The van der Waals surface area contributed by atoms with E-state index in [2.05, 4.69) is 27.7 Å². The van der Waals surface area contributed by atoms with Crippen LogP contribution in [0.25, 0.3) is 0 Å². The topological polar surface area (TPSA) is 34.1 Å². The standard InChI is InChI=1S/2C11H20O/c2*1-9(2)3-4-10-5-7-11(12)8-6-10/h2*9-10H,3-8H2,1-2H3. The SMILES string of the molecule is CC(C)CCC1CCC(=O)CC1.CC(C)CCC1CCC(=O)CC1. The van der Waals surface area contributed by atoms with Crippen LogP contribution in [0.4, 0.5) is 0 Å². The van der Waals surface area contributed by atoms with E-state index in [-0.39, 0.29) is 0 Å². The van der Waals surface area contributed by atoms with Crippen molar-refractivity contribution in [3.8, 4) is 0 Å². The van der Waals surface area contributed by atoms with Gasteiger partial charge in [-0.05, 0) is 49.4 Å². The molecule has 2 saturated carbocycles. The van der Waals surface area contributed by atoms with E-state index in [0.717, 1.165) is 75.0 Å². The first-order valence-electron chi connectivity index (χ1n) is 10.4. The summed E-state index contributed by atoms with van der Waals surface area (Å²) in [7, 11) is 0. The van der Waals surface area contributed by atoms with Gasteiger partial charge in [0.25, 0.3) is 0 Å². The first-order valence-corrected chi connectivity index (χ1v) is 10.4. The van der Waals surface area contributed by atoms with Gasteiger partial charge in [-0.3, -0.25) is 9.59 Å². The highest BCUT2D eigenvalue weighted by atomic mass is 16.1. The molecule has 2 fully saturated rings. The van der Waals surface area contributed by atoms with Crippen molar-refractivity contribution in [2.75, 3.05) is 0 Å². The van der Waals surface area contributed by atoms with Crippen molar-refractivity contribution >= 4 is 11.6 Å². The third-order valence-corrected chi connectivity index (χ3v) is 5.63. The Morgan fingerprint density at radius 1 is 0.667 bits per heavy atom. The molecule has 0 radical (unpaired) electrons. The maximum atomic E-state index is 10.9. The van der Waals surface area contributed by atoms with Gasteiger partial charge in [-0.2, -0.15) is 0 Å². The highest BCUT2D eigenvalue weighted by Crippen LogP contribution is 2.27. The molecule has 0 aromatic heterocycles. The van der Waals surface area contributed by atoms with Gasteiger partial charge in [0.2, 0.25) is 0 Å². The van der Waals surface area contributed by atoms with Crippen LogP contribution in [-0.4, -0.2) is 11.6 Å². The summed E-state index contributed by atoms with van der Waals surface area (Å²) in [5.41, 5.74) is 0. The number of hydrogen-bond acceptors (Lipinski definition) is 2. The zero-order chi connectivity index (χ0) is 17.9. The average Bonchev–Trinajstić information content (AvgIpc) is 2.54. The first-order chi connectivity index (χ1) is 11.4. The van der Waals surface area contributed by atoms with E-state index < -0.39 is 0 Å². The smallest absolute Gasteiger partial charge is 0.132 e. The van der Waals surface area contributed by atoms with Gasteiger partial charge >= 0.3 is 0 Å². The minimum atomic E-state index is 0.482. The molecule has 0 saturated heterocycles. The van der Waals surface area contributed by atoms with Crippen molar-refractivity contribution in [2.24, 2.45) is 23.7 Å². The minimum Gasteiger partial charge on any atom is -0.300 e. The monoisotopic (exact) mass is 336 g/mol. The van der Waals surface area contributed by atoms with E-state index >= 15 is 0 Å². The van der Waals surface area contributed by atoms with Crippen LogP contribution in [0.2, 0.25) is 0 Å². The summed E-state index contributed by atoms with van der Waals surface area (Å²) in [6.45, 7) is 9.09. The number of Topliss-reactive ketones (excluding diaryl/α,β-unsaturated/α-hetero) is 2. The molecular weight excluding hydrogens is 296 g/mol. The summed E-state index contributed by atoms with van der Waals surface area (Å²) in [5, 5.41) is 0. The average molecular weight is 337 g/mol. The number of rotatable bonds is 6. The summed E-state index contributed by atoms with van der Waals surface area (Å²) in [5.74, 6) is 4.31. The molecule has 24 heavy (non-hydrogen) atoms. The Morgan fingerprint density at radius 3 is 1.21 bits per heavy atom. The first kappa shape index (κ1) is 21.4. The Balaban J connectivity index is 0.000000240. The predicted molar refractivity (Wildman–Crippen MR) is 102 cm³/mol. The summed E-state index contributed by atoms with van der Waals surface area (Å²) in [6, 6.07) is 0. The molecular formula is C22H40O2. The molecule has 2 aliphatic carbocycles. The molecule has 0 aliphatic heterocycles. The van der Waals surface area contributed by atoms with Crippen LogP contribution in [0, 0.1) is 23.7 Å². The molecule has 0 aromatic carbocycles. The Bertz CT molecular complexity index is 314. The Morgan fingerprint density at radius 2 is 0.958 bits per heavy atom. The van der Waals surface area contributed by atoms with E-state index in [0.29, 0.717) is 11.6 Å². The van der Waals surface area contributed by atoms with E-state index in [1.54, 1.807) is 0 Å². The van der Waals surface area contributed by atoms with Gasteiger partial charge in [0.15, 0.2) is 0 Å². The van der Waals surface area contributed by atoms with Crippen LogP contribution >= 0.6 is 0 Å². The zero-order valence-corrected chi connectivity index (χ0v) is 16.6. The second-order valence-corrected chi connectivity index (χ2v) is 8.91. The normalized spacial score (nSPS) is 20.4. The number of carbonyl (C=O) groups is 2. The van der Waals surface area contributed by atoms with Crippen molar-refractivity contribution in [3.63, 3.8) is 0 Å². The van der Waals surface area contributed by atoms with E-state index in [4.69, 9.17) is 0 Å². The molecule has 0 heterocycles. The fourth-order valence-corrected chi connectivity index (χ4v) is 3.71. The molecule has 140 valence electrons. The lowest BCUT2D eigenvalue weighted by atomic mass is 9.84. The third kappa shape index (κ3) is 10.3. The maximum Gasteiger partial charge on any atom is 0.132 e. The molecule has 2 aliphatic rings. The number of ketones is 2. The highest BCUT2D eigenvalue weighted by molar-refractivity contribution is 5.79. The molecule has 2 heteroatoms. The van der Waals surface area contributed by atoms with Crippen LogP contribution in [0.1, 0.15) is 105 Å². The van der Waals surface area contributed by atoms with Crippen LogP contribution < -0.4 is 0 Å². The highest BCUT2D eigenvalue weighted by Gasteiger charge is 2.19. The van der Waals surface area contributed by atoms with Crippen LogP contribution in [0.5, 0.6) is 0 Å². The molecule has 0 unspecified atom stereocenters. The second-order valence-electron chi connectivity index (χ2n) is 8.91. The van der Waals surface area contributed by atoms with Crippen molar-refractivity contribution < 1.29 is 9.59 Å². The molecule has 0 spiro atoms. The number of carbonyl (C=O) groups excluding carboxylic acids is 2. The molecule has 2 rings (SSSR count). The lowest BCUT2D eigenvalue weighted by molar-refractivity contribution is -0.121. The summed E-state index contributed by atoms with van der Waals surface area (Å²) < 4.78 is 0. The summed E-state index contributed by atoms with van der Waals surface area (Å²) in [6.07, 6.45) is 13.4. The zero-order valence-electron chi connectivity index (χ0n) is 16.6. The molecule has 0 atom stereocenters. The summed E-state index contributed by atoms with van der Waals surface area (Å²) in [4.78, 5) is 21.9. The van der Waals surface area contributed by atoms with Crippen LogP contribution in [-0.2, 0) is 9.59 Å². The summed E-state index contributed by atoms with van der Waals surface area (Å²) >= 11 is 0. The fraction of sp³-hybridized carbons (Fsp3) is 0.909. The van der Waals surface area contributed by atoms with Crippen LogP contribution in [0.3, 0.4) is 0 Å². The van der Waals surface area contributed by atoms with Gasteiger partial charge in [-0.25, -0.2) is 0 Å². The third-order valence-electron chi connectivity index (χ3n) is 5.63. The van der Waals surface area contributed by atoms with E-state index in [1.807, 2.05) is 0 Å². The largest absolute Gasteiger partial charge is 0.300 e. The van der Waals surface area contributed by atoms with Crippen molar-refractivity contribution in [1.29, 1.82) is 0 Å². The minimum absolute atomic E-state index is 0.482. The fourth-order valence-electron chi connectivity index (χ4n) is 3.71. The quantitative estimate of drug-likeness (QED) is 0.565. The van der Waals surface area contributed by atoms with Gasteiger partial charge in [-0.15, -0.1) is 0 Å². The molecule has 0 aromatic rings. The van der Waals surface area contributed by atoms with Gasteiger partial charge in [0.1, 0.15) is 11.6 Å². The van der Waals surface area contributed by atoms with Gasteiger partial charge in [-0.1, -0.05) is 53.4 Å². The number of hydrogen-bond donors (Lipinski definition) is 0. The molecule has 0 bridgehead atoms. The Labute approximate surface area is 150 Å². The van der Waals surface area contributed by atoms with Gasteiger partial charge < -0.3 is 0 Å². The van der Waals surface area contributed by atoms with Gasteiger partial charge in [0, 0.05) is 25.7 Å². The van der Waals surface area contributed by atoms with Crippen molar-refractivity contribution in [1.82, 2.24) is 0 Å². The van der Waals surface area contributed by atoms with E-state index in [9.17, 15) is 9.59 Å². The Kier molecular flexibility index (Phi) is 10.5. The molecule has 0 N–H and O–H groups in total. The van der Waals surface area contributed by atoms with Crippen molar-refractivity contribution in [3.05, 3.63) is 0 Å². The van der Waals surface area contributed by atoms with Crippen molar-refractivity contribution in [2.45, 2.75) is 105 Å². The lowest BCUT2D eigenvalue weighted by Crippen LogP contribution is -2.14. The molecule has 0 amide bonds. The maximum absolute atomic E-state index is 10.9. The predicted octanol–water partition coefficient (Wildman–Crippen LogP) is 6.36. The van der Waals surface area contributed by atoms with Gasteiger partial charge in [0.05, 0.1) is 0 Å². The van der Waals surface area contributed by atoms with Crippen LogP contribution in [0.15, 0.2) is 0 Å². The second kappa shape index (κ2) is 11.8. The lowest BCUT2D eigenvalue weighted by Gasteiger charge is -2.21.